The van der Waals surface area contributed by atoms with Crippen LogP contribution in [0, 0.1) is 17.6 Å². The molecule has 0 heterocycles. The maximum Gasteiger partial charge on any atom is 0.201 e. The van der Waals surface area contributed by atoms with Gasteiger partial charge in [0.05, 0.1) is 6.26 Å². The minimum absolute atomic E-state index is 0.0537. The minimum Gasteiger partial charge on any atom is -0.462 e. The topological polar surface area (TPSA) is 9.23 Å². The van der Waals surface area contributed by atoms with Gasteiger partial charge in [0.2, 0.25) is 5.82 Å². The van der Waals surface area contributed by atoms with E-state index in [0.29, 0.717) is 11.5 Å². The van der Waals surface area contributed by atoms with Crippen molar-refractivity contribution in [1.29, 1.82) is 0 Å². The first kappa shape index (κ1) is 24.0. The highest BCUT2D eigenvalue weighted by atomic mass is 19.2. The van der Waals surface area contributed by atoms with E-state index in [-0.39, 0.29) is 11.7 Å². The van der Waals surface area contributed by atoms with Crippen molar-refractivity contribution >= 4 is 0 Å². The van der Waals surface area contributed by atoms with Crippen LogP contribution in [0.25, 0.3) is 0 Å². The smallest absolute Gasteiger partial charge is 0.201 e. The highest BCUT2D eigenvalue weighted by Crippen LogP contribution is 2.43. The molecule has 0 bridgehead atoms. The van der Waals surface area contributed by atoms with Crippen LogP contribution >= 0.6 is 0 Å². The van der Waals surface area contributed by atoms with Crippen LogP contribution in [-0.2, 0) is 0 Å². The molecular formula is C30H38F2O. The second kappa shape index (κ2) is 11.3. The van der Waals surface area contributed by atoms with Crippen LogP contribution in [0.4, 0.5) is 8.78 Å². The molecule has 0 unspecified atom stereocenters. The third kappa shape index (κ3) is 5.67. The van der Waals surface area contributed by atoms with E-state index >= 15 is 0 Å². The van der Waals surface area contributed by atoms with E-state index in [9.17, 15) is 8.78 Å². The predicted octanol–water partition coefficient (Wildman–Crippen LogP) is 9.39. The van der Waals surface area contributed by atoms with Gasteiger partial charge in [0.25, 0.3) is 0 Å². The molecule has 0 aromatic heterocycles. The summed E-state index contributed by atoms with van der Waals surface area (Å²) in [5, 5.41) is 0. The van der Waals surface area contributed by atoms with Gasteiger partial charge >= 0.3 is 0 Å². The molecule has 33 heavy (non-hydrogen) atoms. The van der Waals surface area contributed by atoms with Crippen molar-refractivity contribution in [3.8, 4) is 5.75 Å². The standard InChI is InChI=1S/C30H38F2O/c1-3-5-21-6-8-22(9-7-21)23-10-12-24(13-11-23)25-14-16-26(17-15-25)27-18-19-28(33-20-4-2)30(32)29(27)31/h4,10-13,18-22,25-26H,3,5-9,14-17H2,1-2H3. The molecule has 2 fully saturated rings. The van der Waals surface area contributed by atoms with Crippen LogP contribution in [-0.4, -0.2) is 0 Å². The first-order chi connectivity index (χ1) is 16.1. The first-order valence-electron chi connectivity index (χ1n) is 13.0. The monoisotopic (exact) mass is 452 g/mol. The molecule has 0 amide bonds. The maximum absolute atomic E-state index is 14.7. The van der Waals surface area contributed by atoms with E-state index in [1.165, 1.54) is 55.9 Å². The van der Waals surface area contributed by atoms with Crippen LogP contribution in [0.1, 0.15) is 112 Å². The number of benzene rings is 2. The summed E-state index contributed by atoms with van der Waals surface area (Å²) in [6.07, 6.45) is 14.9. The van der Waals surface area contributed by atoms with Gasteiger partial charge in [0, 0.05) is 0 Å². The Morgan fingerprint density at radius 3 is 1.85 bits per heavy atom. The van der Waals surface area contributed by atoms with E-state index in [1.807, 2.05) is 0 Å². The molecule has 2 aliphatic rings. The van der Waals surface area contributed by atoms with E-state index in [2.05, 4.69) is 31.2 Å². The summed E-state index contributed by atoms with van der Waals surface area (Å²) in [6.45, 7) is 4.07. The normalized spacial score (nSPS) is 25.9. The van der Waals surface area contributed by atoms with Crippen molar-refractivity contribution in [2.75, 3.05) is 0 Å². The van der Waals surface area contributed by atoms with Gasteiger partial charge in [-0.1, -0.05) is 56.2 Å². The average molecular weight is 453 g/mol. The maximum atomic E-state index is 14.7. The summed E-state index contributed by atoms with van der Waals surface area (Å²) < 4.78 is 34.3. The van der Waals surface area contributed by atoms with Gasteiger partial charge in [-0.25, -0.2) is 4.39 Å². The number of hydrogen-bond donors (Lipinski definition) is 0. The Hall–Kier alpha value is -2.16. The highest BCUT2D eigenvalue weighted by Gasteiger charge is 2.28. The number of halogens is 2. The van der Waals surface area contributed by atoms with E-state index < -0.39 is 11.6 Å². The molecular weight excluding hydrogens is 414 g/mol. The Kier molecular flexibility index (Phi) is 8.22. The van der Waals surface area contributed by atoms with Crippen LogP contribution in [0.5, 0.6) is 5.75 Å². The van der Waals surface area contributed by atoms with Gasteiger partial charge < -0.3 is 4.74 Å². The third-order valence-electron chi connectivity index (χ3n) is 8.00. The number of allylic oxidation sites excluding steroid dienone is 1. The fourth-order valence-electron chi connectivity index (χ4n) is 6.07. The molecule has 0 spiro atoms. The van der Waals surface area contributed by atoms with Crippen molar-refractivity contribution in [2.24, 2.45) is 5.92 Å². The summed E-state index contributed by atoms with van der Waals surface area (Å²) in [7, 11) is 0. The zero-order valence-corrected chi connectivity index (χ0v) is 20.2. The Balaban J connectivity index is 1.33. The molecule has 0 N–H and O–H groups in total. The summed E-state index contributed by atoms with van der Waals surface area (Å²) in [5.74, 6) is 0.564. The SMILES string of the molecule is CC=COc1ccc(C2CCC(c3ccc(C4CCC(CCC)CC4)cc3)CC2)c(F)c1F. The van der Waals surface area contributed by atoms with Gasteiger partial charge in [-0.3, -0.25) is 0 Å². The molecule has 0 atom stereocenters. The van der Waals surface area contributed by atoms with E-state index in [4.69, 9.17) is 4.74 Å². The molecule has 0 aliphatic heterocycles. The second-order valence-corrected chi connectivity index (χ2v) is 10.1. The van der Waals surface area contributed by atoms with Crippen LogP contribution in [0.3, 0.4) is 0 Å². The van der Waals surface area contributed by atoms with Gasteiger partial charge in [0.15, 0.2) is 11.6 Å². The van der Waals surface area contributed by atoms with Crippen molar-refractivity contribution in [3.63, 3.8) is 0 Å². The summed E-state index contributed by atoms with van der Waals surface area (Å²) in [6, 6.07) is 12.6. The first-order valence-corrected chi connectivity index (χ1v) is 13.0. The van der Waals surface area contributed by atoms with E-state index in [0.717, 1.165) is 37.5 Å². The molecule has 0 saturated heterocycles. The second-order valence-electron chi connectivity index (χ2n) is 10.1. The molecule has 3 heteroatoms. The van der Waals surface area contributed by atoms with Crippen molar-refractivity contribution < 1.29 is 13.5 Å². The average Bonchev–Trinajstić information content (AvgIpc) is 2.86. The lowest BCUT2D eigenvalue weighted by atomic mass is 9.75. The van der Waals surface area contributed by atoms with Gasteiger partial charge in [-0.2, -0.15) is 4.39 Å². The Labute approximate surface area is 198 Å². The fraction of sp³-hybridized carbons (Fsp3) is 0.533. The van der Waals surface area contributed by atoms with Gasteiger partial charge in [-0.05, 0) is 105 Å². The molecule has 2 aromatic carbocycles. The van der Waals surface area contributed by atoms with Crippen molar-refractivity contribution in [3.05, 3.63) is 77.1 Å². The summed E-state index contributed by atoms with van der Waals surface area (Å²) in [5.41, 5.74) is 3.39. The van der Waals surface area contributed by atoms with Crippen LogP contribution < -0.4 is 4.74 Å². The number of hydrogen-bond acceptors (Lipinski definition) is 1. The molecule has 2 aromatic rings. The molecule has 4 rings (SSSR count). The molecule has 0 radical (unpaired) electrons. The molecule has 178 valence electrons. The highest BCUT2D eigenvalue weighted by molar-refractivity contribution is 5.34. The minimum atomic E-state index is -0.882. The zero-order chi connectivity index (χ0) is 23.2. The predicted molar refractivity (Wildman–Crippen MR) is 132 cm³/mol. The van der Waals surface area contributed by atoms with Gasteiger partial charge in [-0.15, -0.1) is 0 Å². The lowest BCUT2D eigenvalue weighted by molar-refractivity contribution is 0.308. The Morgan fingerprint density at radius 1 is 0.758 bits per heavy atom. The Bertz CT molecular complexity index is 917. The molecule has 2 aliphatic carbocycles. The van der Waals surface area contributed by atoms with Crippen LogP contribution in [0.2, 0.25) is 0 Å². The summed E-state index contributed by atoms with van der Waals surface area (Å²) in [4.78, 5) is 0. The fourth-order valence-corrected chi connectivity index (χ4v) is 6.07. The number of rotatable bonds is 7. The van der Waals surface area contributed by atoms with Gasteiger partial charge in [0.1, 0.15) is 0 Å². The van der Waals surface area contributed by atoms with Crippen LogP contribution in [0.15, 0.2) is 48.7 Å². The lowest BCUT2D eigenvalue weighted by Crippen LogP contribution is -2.15. The summed E-state index contributed by atoms with van der Waals surface area (Å²) >= 11 is 0. The zero-order valence-electron chi connectivity index (χ0n) is 20.2. The number of ether oxygens (including phenoxy) is 1. The lowest BCUT2D eigenvalue weighted by Gasteiger charge is -2.30. The van der Waals surface area contributed by atoms with Crippen molar-refractivity contribution in [2.45, 2.75) is 95.8 Å². The molecule has 1 nitrogen and oxygen atoms in total. The third-order valence-corrected chi connectivity index (χ3v) is 8.00. The quantitative estimate of drug-likeness (QED) is 0.380. The largest absolute Gasteiger partial charge is 0.462 e. The van der Waals surface area contributed by atoms with Crippen molar-refractivity contribution in [1.82, 2.24) is 0 Å². The molecule has 2 saturated carbocycles. The van der Waals surface area contributed by atoms with E-state index in [1.54, 1.807) is 25.1 Å². The Morgan fingerprint density at radius 2 is 1.30 bits per heavy atom.